The summed E-state index contributed by atoms with van der Waals surface area (Å²) in [6.45, 7) is 1.45. The predicted octanol–water partition coefficient (Wildman–Crippen LogP) is 3.32. The Bertz CT molecular complexity index is 458. The molecule has 1 aromatic rings. The largest absolute Gasteiger partial charge is 0.490 e. The number of rotatable bonds is 5. The fraction of sp³-hybridized carbons (Fsp3) is 0.647. The van der Waals surface area contributed by atoms with Gasteiger partial charge in [0.25, 0.3) is 0 Å². The Morgan fingerprint density at radius 2 is 1.86 bits per heavy atom. The molecule has 2 aliphatic rings. The Kier molecular flexibility index (Phi) is 4.99. The van der Waals surface area contributed by atoms with E-state index in [0.717, 1.165) is 43.5 Å². The lowest BCUT2D eigenvalue weighted by atomic mass is 9.95. The normalized spacial score (nSPS) is 20.2. The first-order valence-electron chi connectivity index (χ1n) is 8.22. The molecule has 1 aromatic carbocycles. The number of hydrogen-bond donors (Lipinski definition) is 2. The Morgan fingerprint density at radius 1 is 1.10 bits per heavy atom. The van der Waals surface area contributed by atoms with Crippen molar-refractivity contribution in [3.63, 3.8) is 0 Å². The van der Waals surface area contributed by atoms with Crippen LogP contribution in [0.3, 0.4) is 0 Å². The zero-order valence-electron chi connectivity index (χ0n) is 12.6. The highest BCUT2D eigenvalue weighted by molar-refractivity contribution is 5.44. The molecule has 1 heterocycles. The van der Waals surface area contributed by atoms with Gasteiger partial charge >= 0.3 is 0 Å². The molecule has 4 nitrogen and oxygen atoms in total. The fourth-order valence-corrected chi connectivity index (χ4v) is 3.44. The molecule has 0 amide bonds. The van der Waals surface area contributed by atoms with Gasteiger partial charge in [0, 0.05) is 12.5 Å². The zero-order chi connectivity index (χ0) is 14.5. The fourth-order valence-electron chi connectivity index (χ4n) is 3.44. The van der Waals surface area contributed by atoms with Gasteiger partial charge in [0.15, 0.2) is 11.5 Å². The molecule has 0 saturated heterocycles. The number of nitrogens with one attached hydrogen (secondary N) is 1. The lowest BCUT2D eigenvalue weighted by Gasteiger charge is -2.19. The molecular formula is C17H26N2O2. The number of fused-ring (bicyclic) bond motifs is 1. The molecule has 116 valence electrons. The van der Waals surface area contributed by atoms with Crippen molar-refractivity contribution in [2.45, 2.75) is 51.0 Å². The first kappa shape index (κ1) is 14.7. The van der Waals surface area contributed by atoms with Crippen LogP contribution in [0.4, 0.5) is 0 Å². The Hall–Kier alpha value is -1.26. The molecule has 0 aromatic heterocycles. The van der Waals surface area contributed by atoms with E-state index in [4.69, 9.17) is 15.3 Å². The second-order valence-corrected chi connectivity index (χ2v) is 6.20. The van der Waals surface area contributed by atoms with E-state index < -0.39 is 0 Å². The van der Waals surface area contributed by atoms with Gasteiger partial charge in [0.1, 0.15) is 0 Å². The number of nitrogens with two attached hydrogens (primary N) is 1. The average Bonchev–Trinajstić information content (AvgIpc) is 2.92. The maximum Gasteiger partial charge on any atom is 0.161 e. The van der Waals surface area contributed by atoms with Crippen molar-refractivity contribution in [1.82, 2.24) is 5.43 Å². The van der Waals surface area contributed by atoms with Crippen molar-refractivity contribution in [2.75, 3.05) is 13.2 Å². The van der Waals surface area contributed by atoms with Crippen molar-refractivity contribution in [3.05, 3.63) is 23.8 Å². The van der Waals surface area contributed by atoms with E-state index in [1.807, 2.05) is 6.07 Å². The molecule has 1 fully saturated rings. The molecule has 21 heavy (non-hydrogen) atoms. The van der Waals surface area contributed by atoms with Crippen LogP contribution in [-0.4, -0.2) is 13.2 Å². The summed E-state index contributed by atoms with van der Waals surface area (Å²) in [5.41, 5.74) is 4.16. The maximum absolute atomic E-state index is 5.77. The first-order valence-corrected chi connectivity index (χ1v) is 8.22. The molecule has 3 N–H and O–H groups in total. The Balaban J connectivity index is 1.66. The summed E-state index contributed by atoms with van der Waals surface area (Å²) >= 11 is 0. The monoisotopic (exact) mass is 290 g/mol. The molecule has 1 aliphatic heterocycles. The van der Waals surface area contributed by atoms with Crippen molar-refractivity contribution >= 4 is 0 Å². The number of benzene rings is 1. The van der Waals surface area contributed by atoms with E-state index >= 15 is 0 Å². The minimum absolute atomic E-state index is 0.197. The van der Waals surface area contributed by atoms with E-state index in [9.17, 15) is 0 Å². The molecular weight excluding hydrogens is 264 g/mol. The van der Waals surface area contributed by atoms with Gasteiger partial charge in [-0.25, -0.2) is 0 Å². The van der Waals surface area contributed by atoms with Crippen LogP contribution in [0, 0.1) is 5.92 Å². The summed E-state index contributed by atoms with van der Waals surface area (Å²) in [6.07, 6.45) is 8.84. The van der Waals surface area contributed by atoms with Crippen molar-refractivity contribution < 1.29 is 9.47 Å². The molecule has 3 rings (SSSR count). The van der Waals surface area contributed by atoms with Crippen molar-refractivity contribution in [2.24, 2.45) is 11.8 Å². The van der Waals surface area contributed by atoms with Crippen LogP contribution in [0.1, 0.15) is 56.6 Å². The summed E-state index contributed by atoms with van der Waals surface area (Å²) in [6, 6.07) is 6.39. The minimum Gasteiger partial charge on any atom is -0.490 e. The van der Waals surface area contributed by atoms with Crippen LogP contribution in [0.25, 0.3) is 0 Å². The third kappa shape index (κ3) is 3.69. The third-order valence-electron chi connectivity index (χ3n) is 4.71. The van der Waals surface area contributed by atoms with Gasteiger partial charge in [-0.3, -0.25) is 11.3 Å². The SMILES string of the molecule is NNC(CCC1CCCC1)c1ccc2c(c1)OCCCO2. The van der Waals surface area contributed by atoms with Crippen LogP contribution in [-0.2, 0) is 0 Å². The molecule has 1 saturated carbocycles. The van der Waals surface area contributed by atoms with Gasteiger partial charge in [0.2, 0.25) is 0 Å². The molecule has 4 heteroatoms. The smallest absolute Gasteiger partial charge is 0.161 e. The van der Waals surface area contributed by atoms with E-state index in [2.05, 4.69) is 17.6 Å². The van der Waals surface area contributed by atoms with Gasteiger partial charge in [-0.2, -0.15) is 0 Å². The number of hydrazine groups is 1. The number of ether oxygens (including phenoxy) is 2. The van der Waals surface area contributed by atoms with E-state index in [1.54, 1.807) is 0 Å². The van der Waals surface area contributed by atoms with E-state index in [1.165, 1.54) is 37.7 Å². The Morgan fingerprint density at radius 3 is 2.62 bits per heavy atom. The van der Waals surface area contributed by atoms with Gasteiger partial charge in [-0.05, 0) is 36.5 Å². The number of hydrogen-bond acceptors (Lipinski definition) is 4. The molecule has 1 atom stereocenters. The summed E-state index contributed by atoms with van der Waals surface area (Å²) < 4.78 is 11.4. The van der Waals surface area contributed by atoms with Crippen LogP contribution in [0.2, 0.25) is 0 Å². The average molecular weight is 290 g/mol. The summed E-state index contributed by atoms with van der Waals surface area (Å²) in [5.74, 6) is 8.37. The summed E-state index contributed by atoms with van der Waals surface area (Å²) in [4.78, 5) is 0. The summed E-state index contributed by atoms with van der Waals surface area (Å²) in [5, 5.41) is 0. The summed E-state index contributed by atoms with van der Waals surface area (Å²) in [7, 11) is 0. The van der Waals surface area contributed by atoms with Crippen molar-refractivity contribution in [1.29, 1.82) is 0 Å². The first-order chi connectivity index (χ1) is 10.4. The van der Waals surface area contributed by atoms with Gasteiger partial charge in [-0.15, -0.1) is 0 Å². The highest BCUT2D eigenvalue weighted by atomic mass is 16.5. The maximum atomic E-state index is 5.77. The Labute approximate surface area is 127 Å². The van der Waals surface area contributed by atoms with Gasteiger partial charge in [0.05, 0.1) is 13.2 Å². The van der Waals surface area contributed by atoms with Gasteiger partial charge in [-0.1, -0.05) is 31.7 Å². The lowest BCUT2D eigenvalue weighted by molar-refractivity contribution is 0.297. The topological polar surface area (TPSA) is 56.5 Å². The van der Waals surface area contributed by atoms with Crippen LogP contribution < -0.4 is 20.7 Å². The minimum atomic E-state index is 0.197. The van der Waals surface area contributed by atoms with Gasteiger partial charge < -0.3 is 9.47 Å². The molecule has 0 bridgehead atoms. The molecule has 1 aliphatic carbocycles. The zero-order valence-corrected chi connectivity index (χ0v) is 12.6. The standard InChI is InChI=1S/C17H26N2O2/c18-19-15(8-6-13-4-1-2-5-13)14-7-9-16-17(12-14)21-11-3-10-20-16/h7,9,12-13,15,19H,1-6,8,10-11,18H2. The second-order valence-electron chi connectivity index (χ2n) is 6.20. The predicted molar refractivity (Wildman–Crippen MR) is 83.3 cm³/mol. The molecule has 1 unspecified atom stereocenters. The second kappa shape index (κ2) is 7.14. The lowest BCUT2D eigenvalue weighted by Crippen LogP contribution is -2.28. The quantitative estimate of drug-likeness (QED) is 0.645. The van der Waals surface area contributed by atoms with E-state index in [-0.39, 0.29) is 6.04 Å². The molecule has 0 spiro atoms. The van der Waals surface area contributed by atoms with Crippen molar-refractivity contribution in [3.8, 4) is 11.5 Å². The van der Waals surface area contributed by atoms with Crippen LogP contribution >= 0.6 is 0 Å². The van der Waals surface area contributed by atoms with Crippen LogP contribution in [0.15, 0.2) is 18.2 Å². The third-order valence-corrected chi connectivity index (χ3v) is 4.71. The van der Waals surface area contributed by atoms with E-state index in [0.29, 0.717) is 0 Å². The highest BCUT2D eigenvalue weighted by Gasteiger charge is 2.19. The molecule has 0 radical (unpaired) electrons. The van der Waals surface area contributed by atoms with Crippen LogP contribution in [0.5, 0.6) is 11.5 Å². The highest BCUT2D eigenvalue weighted by Crippen LogP contribution is 2.35.